The van der Waals surface area contributed by atoms with Crippen molar-refractivity contribution in [3.63, 3.8) is 0 Å². The Labute approximate surface area is 197 Å². The predicted molar refractivity (Wildman–Crippen MR) is 130 cm³/mol. The number of halogens is 2. The Kier molecular flexibility index (Phi) is 9.29. The van der Waals surface area contributed by atoms with Crippen LogP contribution in [-0.4, -0.2) is 5.97 Å². The minimum atomic E-state index is -0.104. The molecule has 3 rings (SSSR count). The highest BCUT2D eigenvalue weighted by Crippen LogP contribution is 2.35. The van der Waals surface area contributed by atoms with Crippen molar-refractivity contribution in [2.24, 2.45) is 17.8 Å². The van der Waals surface area contributed by atoms with Crippen LogP contribution in [0.5, 0.6) is 5.75 Å². The summed E-state index contributed by atoms with van der Waals surface area (Å²) in [6.07, 6.45) is 9.93. The molecule has 2 aromatic rings. The Morgan fingerprint density at radius 2 is 1.65 bits per heavy atom. The number of aryl methyl sites for hydroxylation is 1. The Morgan fingerprint density at radius 1 is 1.03 bits per heavy atom. The zero-order chi connectivity index (χ0) is 22.2. The van der Waals surface area contributed by atoms with Crippen molar-refractivity contribution >= 4 is 29.2 Å². The van der Waals surface area contributed by atoms with Gasteiger partial charge in [0.05, 0.1) is 5.92 Å². The number of hydrogen-bond donors (Lipinski definition) is 0. The van der Waals surface area contributed by atoms with Gasteiger partial charge in [0.15, 0.2) is 0 Å². The van der Waals surface area contributed by atoms with Crippen molar-refractivity contribution in [1.29, 1.82) is 0 Å². The zero-order valence-electron chi connectivity index (χ0n) is 18.7. The second kappa shape index (κ2) is 11.9. The molecule has 0 aliphatic heterocycles. The summed E-state index contributed by atoms with van der Waals surface area (Å²) in [6.45, 7) is 4.14. The van der Waals surface area contributed by atoms with Crippen molar-refractivity contribution in [2.45, 2.75) is 71.6 Å². The summed E-state index contributed by atoms with van der Waals surface area (Å²) in [5.41, 5.74) is 2.29. The molecular weight excluding hydrogens is 427 g/mol. The highest BCUT2D eigenvalue weighted by atomic mass is 35.5. The van der Waals surface area contributed by atoms with E-state index in [0.717, 1.165) is 60.6 Å². The molecule has 0 amide bonds. The number of rotatable bonds is 7. The van der Waals surface area contributed by atoms with E-state index in [0.29, 0.717) is 17.6 Å². The van der Waals surface area contributed by atoms with Crippen LogP contribution in [0.25, 0.3) is 0 Å². The zero-order valence-corrected chi connectivity index (χ0v) is 20.2. The smallest absolute Gasteiger partial charge is 0.314 e. The molecule has 1 fully saturated rings. The molecule has 0 aromatic heterocycles. The van der Waals surface area contributed by atoms with Crippen LogP contribution < -0.4 is 4.74 Å². The molecule has 0 heterocycles. The summed E-state index contributed by atoms with van der Waals surface area (Å²) in [5, 5.41) is 1.61. The Hall–Kier alpha value is -1.51. The van der Waals surface area contributed by atoms with Crippen molar-refractivity contribution in [2.75, 3.05) is 0 Å². The topological polar surface area (TPSA) is 26.3 Å². The van der Waals surface area contributed by atoms with Crippen molar-refractivity contribution in [1.82, 2.24) is 0 Å². The first-order valence-electron chi connectivity index (χ1n) is 11.7. The van der Waals surface area contributed by atoms with E-state index in [9.17, 15) is 4.79 Å². The van der Waals surface area contributed by atoms with E-state index < -0.39 is 0 Å². The quantitative estimate of drug-likeness (QED) is 0.306. The third-order valence-corrected chi connectivity index (χ3v) is 7.50. The van der Waals surface area contributed by atoms with Crippen LogP contribution in [-0.2, 0) is 17.6 Å². The molecule has 1 atom stereocenters. The van der Waals surface area contributed by atoms with Gasteiger partial charge in [-0.1, -0.05) is 80.9 Å². The fourth-order valence-electron chi connectivity index (χ4n) is 4.75. The molecule has 1 aliphatic carbocycles. The SMILES string of the molecule is CCc1cc(Cl)c(CCC2CCCC(C(C)C(=O)Oc3ccccc3)CCC2)c(Cl)c1. The molecule has 2 aromatic carbocycles. The maximum atomic E-state index is 12.6. The van der Waals surface area contributed by atoms with E-state index in [1.54, 1.807) is 0 Å². The van der Waals surface area contributed by atoms with E-state index in [4.69, 9.17) is 27.9 Å². The van der Waals surface area contributed by atoms with Crippen LogP contribution >= 0.6 is 23.2 Å². The first-order chi connectivity index (χ1) is 15.0. The number of ether oxygens (including phenoxy) is 1. The molecule has 0 saturated heterocycles. The summed E-state index contributed by atoms with van der Waals surface area (Å²) < 4.78 is 5.59. The average Bonchev–Trinajstić information content (AvgIpc) is 2.74. The summed E-state index contributed by atoms with van der Waals surface area (Å²) in [7, 11) is 0. The molecule has 0 N–H and O–H groups in total. The number of benzene rings is 2. The minimum absolute atomic E-state index is 0.0635. The first kappa shape index (κ1) is 24.1. The standard InChI is InChI=1S/C27H34Cl2O2/c1-3-20-17-25(28)24(26(29)18-20)16-15-21-9-7-11-22(12-8-10-21)19(2)27(30)31-23-13-5-4-6-14-23/h4-6,13-14,17-19,21-22H,3,7-12,15-16H2,1-2H3. The summed E-state index contributed by atoms with van der Waals surface area (Å²) in [4.78, 5) is 12.6. The molecule has 31 heavy (non-hydrogen) atoms. The van der Waals surface area contributed by atoms with Crippen LogP contribution in [0.3, 0.4) is 0 Å². The van der Waals surface area contributed by atoms with Gasteiger partial charge in [-0.25, -0.2) is 0 Å². The monoisotopic (exact) mass is 460 g/mol. The van der Waals surface area contributed by atoms with Crippen molar-refractivity contribution < 1.29 is 9.53 Å². The lowest BCUT2D eigenvalue weighted by Crippen LogP contribution is -2.26. The highest BCUT2D eigenvalue weighted by Gasteiger charge is 2.27. The predicted octanol–water partition coefficient (Wildman–Crippen LogP) is 8.32. The molecule has 1 aliphatic rings. The first-order valence-corrected chi connectivity index (χ1v) is 12.5. The number of esters is 1. The Balaban J connectivity index is 1.48. The normalized spacial score (nSPS) is 20.5. The van der Waals surface area contributed by atoms with Crippen LogP contribution in [0, 0.1) is 17.8 Å². The summed E-state index contributed by atoms with van der Waals surface area (Å²) in [6, 6.07) is 13.5. The largest absolute Gasteiger partial charge is 0.426 e. The van der Waals surface area contributed by atoms with Crippen molar-refractivity contribution in [3.05, 3.63) is 63.6 Å². The van der Waals surface area contributed by atoms with Gasteiger partial charge < -0.3 is 4.74 Å². The lowest BCUT2D eigenvalue weighted by atomic mass is 9.79. The molecule has 1 unspecified atom stereocenters. The van der Waals surface area contributed by atoms with E-state index >= 15 is 0 Å². The van der Waals surface area contributed by atoms with Crippen LogP contribution in [0.4, 0.5) is 0 Å². The molecule has 0 spiro atoms. The van der Waals surface area contributed by atoms with E-state index in [2.05, 4.69) is 19.1 Å². The third kappa shape index (κ3) is 6.99. The number of carbonyl (C=O) groups excluding carboxylic acids is 1. The summed E-state index contributed by atoms with van der Waals surface area (Å²) >= 11 is 13.0. The fraction of sp³-hybridized carbons (Fsp3) is 0.519. The lowest BCUT2D eigenvalue weighted by molar-refractivity contribution is -0.140. The van der Waals surface area contributed by atoms with Crippen LogP contribution in [0.2, 0.25) is 10.0 Å². The molecule has 1 saturated carbocycles. The summed E-state index contributed by atoms with van der Waals surface area (Å²) in [5.74, 6) is 1.57. The van der Waals surface area contributed by atoms with Crippen LogP contribution in [0.1, 0.15) is 69.9 Å². The van der Waals surface area contributed by atoms with Crippen LogP contribution in [0.15, 0.2) is 42.5 Å². The van der Waals surface area contributed by atoms with Gasteiger partial charge in [0.25, 0.3) is 0 Å². The minimum Gasteiger partial charge on any atom is -0.426 e. The van der Waals surface area contributed by atoms with Gasteiger partial charge in [-0.3, -0.25) is 4.79 Å². The van der Waals surface area contributed by atoms with Gasteiger partial charge >= 0.3 is 5.97 Å². The molecule has 4 heteroatoms. The molecular formula is C27H34Cl2O2. The maximum absolute atomic E-state index is 12.6. The van der Waals surface area contributed by atoms with Gasteiger partial charge in [0, 0.05) is 10.0 Å². The number of carbonyl (C=O) groups is 1. The fourth-order valence-corrected chi connectivity index (χ4v) is 5.47. The molecule has 2 nitrogen and oxygen atoms in total. The van der Waals surface area contributed by atoms with Gasteiger partial charge in [0.2, 0.25) is 0 Å². The molecule has 0 radical (unpaired) electrons. The number of para-hydroxylation sites is 1. The number of hydrogen-bond acceptors (Lipinski definition) is 2. The maximum Gasteiger partial charge on any atom is 0.314 e. The third-order valence-electron chi connectivity index (χ3n) is 6.83. The van der Waals surface area contributed by atoms with Gasteiger partial charge in [-0.2, -0.15) is 0 Å². The molecule has 168 valence electrons. The highest BCUT2D eigenvalue weighted by molar-refractivity contribution is 6.36. The molecule has 0 bridgehead atoms. The Morgan fingerprint density at radius 3 is 2.23 bits per heavy atom. The van der Waals surface area contributed by atoms with E-state index in [1.165, 1.54) is 18.4 Å². The second-order valence-electron chi connectivity index (χ2n) is 8.94. The van der Waals surface area contributed by atoms with Gasteiger partial charge in [0.1, 0.15) is 5.75 Å². The van der Waals surface area contributed by atoms with E-state index in [1.807, 2.05) is 37.3 Å². The average molecular weight is 461 g/mol. The lowest BCUT2D eigenvalue weighted by Gasteiger charge is -2.27. The second-order valence-corrected chi connectivity index (χ2v) is 9.76. The van der Waals surface area contributed by atoms with Gasteiger partial charge in [-0.05, 0) is 79.3 Å². The Bertz CT molecular complexity index is 817. The van der Waals surface area contributed by atoms with Gasteiger partial charge in [-0.15, -0.1) is 0 Å². The van der Waals surface area contributed by atoms with Crippen molar-refractivity contribution in [3.8, 4) is 5.75 Å². The van der Waals surface area contributed by atoms with E-state index in [-0.39, 0.29) is 11.9 Å².